The van der Waals surface area contributed by atoms with Gasteiger partial charge in [0, 0.05) is 22.9 Å². The maximum absolute atomic E-state index is 13.0. The van der Waals surface area contributed by atoms with Crippen molar-refractivity contribution >= 4 is 15.9 Å². The summed E-state index contributed by atoms with van der Waals surface area (Å²) in [6, 6.07) is 3.12. The van der Waals surface area contributed by atoms with Crippen LogP contribution in [-0.4, -0.2) is 14.8 Å². The Morgan fingerprint density at radius 1 is 1.26 bits per heavy atom. The van der Waals surface area contributed by atoms with E-state index in [1.54, 1.807) is 26.0 Å². The van der Waals surface area contributed by atoms with Crippen molar-refractivity contribution in [3.63, 3.8) is 0 Å². The van der Waals surface area contributed by atoms with Crippen molar-refractivity contribution in [2.45, 2.75) is 26.1 Å². The lowest BCUT2D eigenvalue weighted by Crippen LogP contribution is -2.06. The standard InChI is InChI=1S/C12H11BrF3N3/c1-7(2)19-6-8(12(14,15)16)10(18-19)11-9(13)4-3-5-17-11/h3-7H,1-2H3. The summed E-state index contributed by atoms with van der Waals surface area (Å²) >= 11 is 3.20. The van der Waals surface area contributed by atoms with Crippen molar-refractivity contribution in [3.8, 4) is 11.4 Å². The van der Waals surface area contributed by atoms with Gasteiger partial charge in [-0.2, -0.15) is 18.3 Å². The van der Waals surface area contributed by atoms with Crippen molar-refractivity contribution in [3.05, 3.63) is 34.6 Å². The van der Waals surface area contributed by atoms with E-state index in [1.165, 1.54) is 10.9 Å². The van der Waals surface area contributed by atoms with Crippen molar-refractivity contribution in [2.75, 3.05) is 0 Å². The molecule has 0 aromatic carbocycles. The first kappa shape index (κ1) is 14.0. The number of aromatic nitrogens is 3. The molecule has 0 radical (unpaired) electrons. The Morgan fingerprint density at radius 3 is 2.47 bits per heavy atom. The van der Waals surface area contributed by atoms with Gasteiger partial charge in [-0.05, 0) is 41.9 Å². The molecule has 7 heteroatoms. The fraction of sp³-hybridized carbons (Fsp3) is 0.333. The molecule has 0 fully saturated rings. The molecule has 102 valence electrons. The fourth-order valence-electron chi connectivity index (χ4n) is 1.60. The second-order valence-electron chi connectivity index (χ2n) is 4.30. The average molecular weight is 334 g/mol. The summed E-state index contributed by atoms with van der Waals surface area (Å²) in [5.74, 6) is 0. The molecule has 19 heavy (non-hydrogen) atoms. The van der Waals surface area contributed by atoms with E-state index >= 15 is 0 Å². The molecule has 2 aromatic heterocycles. The molecule has 0 aliphatic carbocycles. The van der Waals surface area contributed by atoms with E-state index in [4.69, 9.17) is 0 Å². The number of hydrogen-bond acceptors (Lipinski definition) is 2. The lowest BCUT2D eigenvalue weighted by atomic mass is 10.2. The van der Waals surface area contributed by atoms with Crippen LogP contribution in [0.5, 0.6) is 0 Å². The summed E-state index contributed by atoms with van der Waals surface area (Å²) in [6.07, 6.45) is -2.00. The third-order valence-electron chi connectivity index (χ3n) is 2.55. The van der Waals surface area contributed by atoms with Crippen LogP contribution in [0, 0.1) is 0 Å². The summed E-state index contributed by atoms with van der Waals surface area (Å²) < 4.78 is 40.9. The minimum absolute atomic E-state index is 0.155. The van der Waals surface area contributed by atoms with E-state index in [9.17, 15) is 13.2 Å². The van der Waals surface area contributed by atoms with Gasteiger partial charge in [-0.1, -0.05) is 0 Å². The molecule has 2 rings (SSSR count). The molecule has 0 atom stereocenters. The molecular weight excluding hydrogens is 323 g/mol. The summed E-state index contributed by atoms with van der Waals surface area (Å²) in [5.41, 5.74) is -0.747. The molecule has 0 amide bonds. The molecule has 0 unspecified atom stereocenters. The van der Waals surface area contributed by atoms with Gasteiger partial charge >= 0.3 is 6.18 Å². The predicted octanol–water partition coefficient (Wildman–Crippen LogP) is 4.31. The SMILES string of the molecule is CC(C)n1cc(C(F)(F)F)c(-c2ncccc2Br)n1. The van der Waals surface area contributed by atoms with Crippen molar-refractivity contribution in [1.29, 1.82) is 0 Å². The number of rotatable bonds is 2. The number of halogens is 4. The van der Waals surface area contributed by atoms with Crippen LogP contribution >= 0.6 is 15.9 Å². The minimum Gasteiger partial charge on any atom is -0.269 e. The Morgan fingerprint density at radius 2 is 1.95 bits per heavy atom. The zero-order valence-corrected chi connectivity index (χ0v) is 11.8. The molecular formula is C12H11BrF3N3. The predicted molar refractivity (Wildman–Crippen MR) is 68.5 cm³/mol. The molecule has 0 bridgehead atoms. The Balaban J connectivity index is 2.65. The van der Waals surface area contributed by atoms with Gasteiger partial charge < -0.3 is 0 Å². The Bertz CT molecular complexity index is 590. The lowest BCUT2D eigenvalue weighted by Gasteiger charge is -2.06. The molecule has 0 aliphatic rings. The van der Waals surface area contributed by atoms with Gasteiger partial charge in [-0.3, -0.25) is 9.67 Å². The van der Waals surface area contributed by atoms with Crippen LogP contribution in [0.2, 0.25) is 0 Å². The van der Waals surface area contributed by atoms with E-state index in [2.05, 4.69) is 26.0 Å². The zero-order valence-electron chi connectivity index (χ0n) is 10.2. The van der Waals surface area contributed by atoms with E-state index < -0.39 is 11.7 Å². The quantitative estimate of drug-likeness (QED) is 0.819. The highest BCUT2D eigenvalue weighted by Crippen LogP contribution is 2.38. The van der Waals surface area contributed by atoms with Gasteiger partial charge in [0.05, 0.1) is 0 Å². The summed E-state index contributed by atoms with van der Waals surface area (Å²) in [6.45, 7) is 3.54. The topological polar surface area (TPSA) is 30.7 Å². The highest BCUT2D eigenvalue weighted by molar-refractivity contribution is 9.10. The monoisotopic (exact) mass is 333 g/mol. The van der Waals surface area contributed by atoms with Crippen LogP contribution in [0.4, 0.5) is 13.2 Å². The summed E-state index contributed by atoms with van der Waals surface area (Å²) in [7, 11) is 0. The molecule has 0 N–H and O–H groups in total. The van der Waals surface area contributed by atoms with Crippen LogP contribution < -0.4 is 0 Å². The van der Waals surface area contributed by atoms with E-state index in [0.29, 0.717) is 4.47 Å². The Labute approximate surface area is 116 Å². The molecule has 0 saturated heterocycles. The number of nitrogens with zero attached hydrogens (tertiary/aromatic N) is 3. The third kappa shape index (κ3) is 2.80. The first-order valence-corrected chi connectivity index (χ1v) is 6.37. The molecule has 0 spiro atoms. The first-order valence-electron chi connectivity index (χ1n) is 5.58. The van der Waals surface area contributed by atoms with Crippen LogP contribution in [-0.2, 0) is 6.18 Å². The van der Waals surface area contributed by atoms with E-state index in [-0.39, 0.29) is 17.4 Å². The Kier molecular flexibility index (Phi) is 3.66. The van der Waals surface area contributed by atoms with Gasteiger partial charge in [0.25, 0.3) is 0 Å². The maximum Gasteiger partial charge on any atom is 0.420 e. The molecule has 0 aliphatic heterocycles. The fourth-order valence-corrected chi connectivity index (χ4v) is 2.04. The van der Waals surface area contributed by atoms with Crippen LogP contribution in [0.3, 0.4) is 0 Å². The summed E-state index contributed by atoms with van der Waals surface area (Å²) in [4.78, 5) is 3.97. The van der Waals surface area contributed by atoms with Gasteiger partial charge in [-0.25, -0.2) is 0 Å². The molecule has 3 nitrogen and oxygen atoms in total. The van der Waals surface area contributed by atoms with Gasteiger partial charge in [-0.15, -0.1) is 0 Å². The average Bonchev–Trinajstić information content (AvgIpc) is 2.74. The van der Waals surface area contributed by atoms with Gasteiger partial charge in [0.15, 0.2) is 0 Å². The smallest absolute Gasteiger partial charge is 0.269 e. The molecule has 2 aromatic rings. The van der Waals surface area contributed by atoms with Gasteiger partial charge in [0.2, 0.25) is 0 Å². The normalized spacial score (nSPS) is 12.2. The zero-order chi connectivity index (χ0) is 14.2. The Hall–Kier alpha value is -1.37. The van der Waals surface area contributed by atoms with E-state index in [0.717, 1.165) is 6.20 Å². The van der Waals surface area contributed by atoms with Gasteiger partial charge in [0.1, 0.15) is 17.0 Å². The summed E-state index contributed by atoms with van der Waals surface area (Å²) in [5, 5.41) is 4.01. The lowest BCUT2D eigenvalue weighted by molar-refractivity contribution is -0.137. The van der Waals surface area contributed by atoms with Crippen molar-refractivity contribution < 1.29 is 13.2 Å². The second kappa shape index (κ2) is 4.96. The number of pyridine rings is 1. The second-order valence-corrected chi connectivity index (χ2v) is 5.15. The van der Waals surface area contributed by atoms with Crippen molar-refractivity contribution in [2.24, 2.45) is 0 Å². The number of hydrogen-bond donors (Lipinski definition) is 0. The van der Waals surface area contributed by atoms with Crippen molar-refractivity contribution in [1.82, 2.24) is 14.8 Å². The maximum atomic E-state index is 13.0. The first-order chi connectivity index (χ1) is 8.80. The largest absolute Gasteiger partial charge is 0.420 e. The van der Waals surface area contributed by atoms with Crippen LogP contribution in [0.15, 0.2) is 29.0 Å². The highest BCUT2D eigenvalue weighted by Gasteiger charge is 2.37. The van der Waals surface area contributed by atoms with Crippen LogP contribution in [0.1, 0.15) is 25.5 Å². The van der Waals surface area contributed by atoms with Crippen LogP contribution in [0.25, 0.3) is 11.4 Å². The number of alkyl halides is 3. The molecule has 2 heterocycles. The third-order valence-corrected chi connectivity index (χ3v) is 3.19. The van der Waals surface area contributed by atoms with E-state index in [1.807, 2.05) is 0 Å². The minimum atomic E-state index is -4.46. The highest BCUT2D eigenvalue weighted by atomic mass is 79.9. The molecule has 0 saturated carbocycles.